The number of allylic oxidation sites excluding steroid dienone is 2. The molecule has 1 rings (SSSR count). The highest BCUT2D eigenvalue weighted by atomic mass is 16.5. The molecule has 0 N–H and O–H groups in total. The van der Waals surface area contributed by atoms with Gasteiger partial charge in [-0.25, -0.2) is 4.79 Å². The van der Waals surface area contributed by atoms with Crippen molar-refractivity contribution in [3.05, 3.63) is 24.0 Å². The predicted molar refractivity (Wildman–Crippen MR) is 67.6 cm³/mol. The third kappa shape index (κ3) is 5.66. The standard InChI is InChI=1S/C14H20O4/c1-11(15)18-13(8-9-14(16)17-2)10-12-6-4-3-5-7-12/h8-10,12H,3-7H2,1-2H3/b9-8+,13-10-. The van der Waals surface area contributed by atoms with E-state index < -0.39 is 5.97 Å². The van der Waals surface area contributed by atoms with Gasteiger partial charge in [0.1, 0.15) is 5.76 Å². The molecule has 100 valence electrons. The minimum atomic E-state index is -0.461. The Balaban J connectivity index is 2.69. The lowest BCUT2D eigenvalue weighted by molar-refractivity contribution is -0.137. The van der Waals surface area contributed by atoms with Crippen LogP contribution in [0.2, 0.25) is 0 Å². The Morgan fingerprint density at radius 2 is 1.78 bits per heavy atom. The van der Waals surface area contributed by atoms with E-state index in [9.17, 15) is 9.59 Å². The number of carbonyl (C=O) groups excluding carboxylic acids is 2. The van der Waals surface area contributed by atoms with Crippen molar-refractivity contribution in [1.29, 1.82) is 0 Å². The quantitative estimate of drug-likeness (QED) is 0.334. The number of esters is 2. The molecule has 0 unspecified atom stereocenters. The van der Waals surface area contributed by atoms with Crippen LogP contribution in [0.1, 0.15) is 39.0 Å². The highest BCUT2D eigenvalue weighted by molar-refractivity contribution is 5.82. The molecule has 0 aromatic carbocycles. The summed E-state index contributed by atoms with van der Waals surface area (Å²) in [5, 5.41) is 0. The summed E-state index contributed by atoms with van der Waals surface area (Å²) in [6.07, 6.45) is 10.6. The highest BCUT2D eigenvalue weighted by Gasteiger charge is 2.12. The van der Waals surface area contributed by atoms with Gasteiger partial charge in [0.05, 0.1) is 7.11 Å². The van der Waals surface area contributed by atoms with E-state index in [0.717, 1.165) is 12.8 Å². The van der Waals surface area contributed by atoms with Crippen LogP contribution in [0.5, 0.6) is 0 Å². The number of hydrogen-bond acceptors (Lipinski definition) is 4. The summed E-state index contributed by atoms with van der Waals surface area (Å²) >= 11 is 0. The fraction of sp³-hybridized carbons (Fsp3) is 0.571. The van der Waals surface area contributed by atoms with Crippen LogP contribution in [0.15, 0.2) is 24.0 Å². The zero-order chi connectivity index (χ0) is 13.4. The average molecular weight is 252 g/mol. The van der Waals surface area contributed by atoms with E-state index in [1.165, 1.54) is 45.4 Å². The Morgan fingerprint density at radius 3 is 2.33 bits per heavy atom. The Hall–Kier alpha value is -1.58. The lowest BCUT2D eigenvalue weighted by atomic mass is 9.89. The van der Waals surface area contributed by atoms with E-state index in [-0.39, 0.29) is 5.97 Å². The number of rotatable bonds is 4. The first-order valence-corrected chi connectivity index (χ1v) is 6.28. The molecule has 0 saturated heterocycles. The lowest BCUT2D eigenvalue weighted by Gasteiger charge is -2.18. The highest BCUT2D eigenvalue weighted by Crippen LogP contribution is 2.26. The molecule has 0 aromatic heterocycles. The van der Waals surface area contributed by atoms with Crippen molar-refractivity contribution in [2.24, 2.45) is 5.92 Å². The predicted octanol–water partition coefficient (Wildman–Crippen LogP) is 2.74. The molecular weight excluding hydrogens is 232 g/mol. The molecule has 0 spiro atoms. The molecule has 1 aliphatic carbocycles. The van der Waals surface area contributed by atoms with Gasteiger partial charge in [-0.3, -0.25) is 4.79 Å². The van der Waals surface area contributed by atoms with Gasteiger partial charge in [-0.15, -0.1) is 0 Å². The van der Waals surface area contributed by atoms with Crippen LogP contribution < -0.4 is 0 Å². The molecule has 0 heterocycles. The molecule has 1 aliphatic rings. The summed E-state index contributed by atoms with van der Waals surface area (Å²) in [7, 11) is 1.31. The third-order valence-electron chi connectivity index (χ3n) is 2.90. The van der Waals surface area contributed by atoms with Gasteiger partial charge in [0.15, 0.2) is 0 Å². The Morgan fingerprint density at radius 1 is 1.11 bits per heavy atom. The van der Waals surface area contributed by atoms with Crippen LogP contribution in [-0.2, 0) is 19.1 Å². The van der Waals surface area contributed by atoms with Crippen LogP contribution in [-0.4, -0.2) is 19.0 Å². The molecule has 0 bridgehead atoms. The fourth-order valence-corrected chi connectivity index (χ4v) is 2.04. The monoisotopic (exact) mass is 252 g/mol. The zero-order valence-electron chi connectivity index (χ0n) is 11.0. The van der Waals surface area contributed by atoms with Gasteiger partial charge in [-0.2, -0.15) is 0 Å². The molecule has 4 heteroatoms. The van der Waals surface area contributed by atoms with Crippen LogP contribution in [0, 0.1) is 5.92 Å². The Kier molecular flexibility index (Phi) is 6.19. The number of ether oxygens (including phenoxy) is 2. The summed E-state index contributed by atoms with van der Waals surface area (Å²) in [6.45, 7) is 1.35. The van der Waals surface area contributed by atoms with E-state index in [2.05, 4.69) is 4.74 Å². The lowest BCUT2D eigenvalue weighted by Crippen LogP contribution is -2.06. The third-order valence-corrected chi connectivity index (χ3v) is 2.90. The number of methoxy groups -OCH3 is 1. The van der Waals surface area contributed by atoms with Gasteiger partial charge < -0.3 is 9.47 Å². The van der Waals surface area contributed by atoms with Gasteiger partial charge in [-0.05, 0) is 30.9 Å². The molecule has 0 aliphatic heterocycles. The maximum atomic E-state index is 11.0. The summed E-state index contributed by atoms with van der Waals surface area (Å²) in [6, 6.07) is 0. The second kappa shape index (κ2) is 7.69. The van der Waals surface area contributed by atoms with Gasteiger partial charge in [-0.1, -0.05) is 19.3 Å². The molecule has 4 nitrogen and oxygen atoms in total. The molecule has 0 aromatic rings. The average Bonchev–Trinajstić information content (AvgIpc) is 2.36. The molecule has 0 amide bonds. The van der Waals surface area contributed by atoms with Crippen LogP contribution in [0.25, 0.3) is 0 Å². The smallest absolute Gasteiger partial charge is 0.330 e. The summed E-state index contributed by atoms with van der Waals surface area (Å²) in [5.41, 5.74) is 0. The maximum absolute atomic E-state index is 11.0. The van der Waals surface area contributed by atoms with E-state index in [1.54, 1.807) is 0 Å². The zero-order valence-corrected chi connectivity index (χ0v) is 11.0. The Bertz CT molecular complexity index is 349. The summed E-state index contributed by atoms with van der Waals surface area (Å²) < 4.78 is 9.58. The first kappa shape index (κ1) is 14.5. The SMILES string of the molecule is COC(=O)/C=C/C(=C/C1CCCCC1)OC(C)=O. The van der Waals surface area contributed by atoms with Gasteiger partial charge in [0, 0.05) is 13.0 Å². The van der Waals surface area contributed by atoms with E-state index in [0.29, 0.717) is 11.7 Å². The van der Waals surface area contributed by atoms with Gasteiger partial charge >= 0.3 is 11.9 Å². The van der Waals surface area contributed by atoms with Crippen molar-refractivity contribution in [3.63, 3.8) is 0 Å². The van der Waals surface area contributed by atoms with Gasteiger partial charge in [0.2, 0.25) is 0 Å². The molecule has 0 atom stereocenters. The van der Waals surface area contributed by atoms with Crippen molar-refractivity contribution in [2.75, 3.05) is 7.11 Å². The first-order chi connectivity index (χ1) is 8.61. The summed E-state index contributed by atoms with van der Waals surface area (Å²) in [4.78, 5) is 22.0. The topological polar surface area (TPSA) is 52.6 Å². The second-order valence-electron chi connectivity index (χ2n) is 4.42. The second-order valence-corrected chi connectivity index (χ2v) is 4.42. The van der Waals surface area contributed by atoms with Crippen LogP contribution in [0.3, 0.4) is 0 Å². The van der Waals surface area contributed by atoms with Crippen molar-refractivity contribution >= 4 is 11.9 Å². The number of carbonyl (C=O) groups is 2. The minimum absolute atomic E-state index is 0.383. The minimum Gasteiger partial charge on any atom is -0.466 e. The van der Waals surface area contributed by atoms with Crippen molar-refractivity contribution in [3.8, 4) is 0 Å². The molecule has 0 radical (unpaired) electrons. The largest absolute Gasteiger partial charge is 0.466 e. The van der Waals surface area contributed by atoms with Crippen molar-refractivity contribution in [2.45, 2.75) is 39.0 Å². The fourth-order valence-electron chi connectivity index (χ4n) is 2.04. The van der Waals surface area contributed by atoms with Crippen LogP contribution in [0.4, 0.5) is 0 Å². The van der Waals surface area contributed by atoms with E-state index in [1.807, 2.05) is 6.08 Å². The normalized spacial score (nSPS) is 17.8. The van der Waals surface area contributed by atoms with E-state index >= 15 is 0 Å². The molecule has 18 heavy (non-hydrogen) atoms. The first-order valence-electron chi connectivity index (χ1n) is 6.28. The summed E-state index contributed by atoms with van der Waals surface area (Å²) in [5.74, 6) is 0.0125. The maximum Gasteiger partial charge on any atom is 0.330 e. The molecule has 1 fully saturated rings. The van der Waals surface area contributed by atoms with E-state index in [4.69, 9.17) is 4.74 Å². The van der Waals surface area contributed by atoms with Crippen molar-refractivity contribution < 1.29 is 19.1 Å². The molecular formula is C14H20O4. The Labute approximate surface area is 108 Å². The van der Waals surface area contributed by atoms with Crippen molar-refractivity contribution in [1.82, 2.24) is 0 Å². The van der Waals surface area contributed by atoms with Crippen LogP contribution >= 0.6 is 0 Å². The molecule has 1 saturated carbocycles. The van der Waals surface area contributed by atoms with Gasteiger partial charge in [0.25, 0.3) is 0 Å². The number of hydrogen-bond donors (Lipinski definition) is 0.